The van der Waals surface area contributed by atoms with Crippen LogP contribution in [0.4, 0.5) is 0 Å². The van der Waals surface area contributed by atoms with Crippen LogP contribution in [0.5, 0.6) is 5.75 Å². The van der Waals surface area contributed by atoms with Gasteiger partial charge in [0.25, 0.3) is 5.97 Å². The number of ether oxygens (including phenoxy) is 3. The number of benzene rings is 1. The molecule has 2 saturated heterocycles. The van der Waals surface area contributed by atoms with Gasteiger partial charge < -0.3 is 30.4 Å². The summed E-state index contributed by atoms with van der Waals surface area (Å²) in [6.45, 7) is 6.57. The summed E-state index contributed by atoms with van der Waals surface area (Å²) < 4.78 is 16.5. The normalized spacial score (nSPS) is 21.7. The maximum absolute atomic E-state index is 12.4. The summed E-state index contributed by atoms with van der Waals surface area (Å²) in [4.78, 5) is 23.7. The number of carbonyl (C=O) groups is 2. The van der Waals surface area contributed by atoms with Crippen molar-refractivity contribution < 1.29 is 28.9 Å². The summed E-state index contributed by atoms with van der Waals surface area (Å²) in [7, 11) is 0. The number of nitrogens with one attached hydrogen (secondary N) is 1. The maximum Gasteiger partial charge on any atom is 0.300 e. The lowest BCUT2D eigenvalue weighted by Gasteiger charge is -2.34. The molecule has 0 unspecified atom stereocenters. The van der Waals surface area contributed by atoms with Crippen LogP contribution in [0, 0.1) is 0 Å². The molecule has 2 aliphatic heterocycles. The van der Waals surface area contributed by atoms with Crippen molar-refractivity contribution in [1.29, 1.82) is 0 Å². The molecule has 29 heavy (non-hydrogen) atoms. The predicted octanol–water partition coefficient (Wildman–Crippen LogP) is -0.127. The lowest BCUT2D eigenvalue weighted by molar-refractivity contribution is -0.134. The van der Waals surface area contributed by atoms with Crippen LogP contribution >= 0.6 is 0 Å². The Balaban J connectivity index is 0.000000687. The van der Waals surface area contributed by atoms with E-state index in [1.165, 1.54) is 0 Å². The third-order valence-corrected chi connectivity index (χ3v) is 4.59. The molecule has 2 heterocycles. The Labute approximate surface area is 171 Å². The number of nitrogens with zero attached hydrogens (tertiary/aromatic N) is 1. The van der Waals surface area contributed by atoms with E-state index in [-0.39, 0.29) is 18.0 Å². The van der Waals surface area contributed by atoms with Gasteiger partial charge in [0.1, 0.15) is 12.4 Å². The van der Waals surface area contributed by atoms with Crippen molar-refractivity contribution in [2.75, 3.05) is 52.7 Å². The Bertz CT molecular complexity index is 630. The maximum atomic E-state index is 12.4. The molecule has 162 valence electrons. The number of amides is 1. The first-order valence-corrected chi connectivity index (χ1v) is 9.80. The summed E-state index contributed by atoms with van der Waals surface area (Å²) in [5, 5.41) is 10.5. The minimum absolute atomic E-state index is 0.0179. The van der Waals surface area contributed by atoms with Crippen LogP contribution in [0.3, 0.4) is 0 Å². The molecule has 2 aliphatic rings. The molecule has 0 aliphatic carbocycles. The molecule has 0 spiro atoms. The Morgan fingerprint density at radius 1 is 1.21 bits per heavy atom. The number of carboxylic acids is 1. The molecule has 2 atom stereocenters. The van der Waals surface area contributed by atoms with Gasteiger partial charge in [-0.05, 0) is 17.7 Å². The van der Waals surface area contributed by atoms with Crippen molar-refractivity contribution in [3.63, 3.8) is 0 Å². The summed E-state index contributed by atoms with van der Waals surface area (Å²) in [5.41, 5.74) is 6.37. The molecular weight excluding hydrogens is 378 g/mol. The van der Waals surface area contributed by atoms with E-state index in [1.807, 2.05) is 24.3 Å². The fourth-order valence-electron chi connectivity index (χ4n) is 3.27. The van der Waals surface area contributed by atoms with Gasteiger partial charge in [-0.25, -0.2) is 0 Å². The summed E-state index contributed by atoms with van der Waals surface area (Å²) in [6.07, 6.45) is 0.351. The van der Waals surface area contributed by atoms with E-state index in [9.17, 15) is 4.79 Å². The highest BCUT2D eigenvalue weighted by Crippen LogP contribution is 2.16. The number of carbonyl (C=O) groups excluding carboxylic acids is 1. The Hall–Kier alpha value is -2.20. The third kappa shape index (κ3) is 8.36. The zero-order chi connectivity index (χ0) is 21.1. The van der Waals surface area contributed by atoms with Crippen LogP contribution in [-0.4, -0.2) is 86.6 Å². The van der Waals surface area contributed by atoms with Gasteiger partial charge in [-0.2, -0.15) is 0 Å². The van der Waals surface area contributed by atoms with Crippen LogP contribution in [-0.2, 0) is 25.5 Å². The molecule has 0 radical (unpaired) electrons. The highest BCUT2D eigenvalue weighted by atomic mass is 16.5. The largest absolute Gasteiger partial charge is 0.492 e. The van der Waals surface area contributed by atoms with E-state index in [0.717, 1.165) is 44.5 Å². The number of aliphatic carboxylic acids is 1. The Kier molecular flexibility index (Phi) is 9.85. The second-order valence-corrected chi connectivity index (χ2v) is 6.90. The van der Waals surface area contributed by atoms with Gasteiger partial charge in [0.15, 0.2) is 0 Å². The molecule has 0 aromatic heterocycles. The zero-order valence-electron chi connectivity index (χ0n) is 16.8. The summed E-state index contributed by atoms with van der Waals surface area (Å²) in [5.74, 6) is -0.0458. The minimum Gasteiger partial charge on any atom is -0.492 e. The molecule has 9 nitrogen and oxygen atoms in total. The minimum atomic E-state index is -0.833. The molecular formula is C20H31N3O6. The average Bonchev–Trinajstić information content (AvgIpc) is 3.15. The molecule has 3 rings (SSSR count). The summed E-state index contributed by atoms with van der Waals surface area (Å²) >= 11 is 0. The van der Waals surface area contributed by atoms with Crippen LogP contribution in [0.1, 0.15) is 12.5 Å². The van der Waals surface area contributed by atoms with E-state index in [0.29, 0.717) is 32.8 Å². The number of nitrogens with two attached hydrogens (primary N) is 1. The van der Waals surface area contributed by atoms with Crippen LogP contribution < -0.4 is 15.8 Å². The topological polar surface area (TPSA) is 123 Å². The first-order valence-electron chi connectivity index (χ1n) is 9.80. The fourth-order valence-corrected chi connectivity index (χ4v) is 3.27. The Morgan fingerprint density at radius 2 is 1.86 bits per heavy atom. The second-order valence-electron chi connectivity index (χ2n) is 6.90. The molecule has 9 heteroatoms. The molecule has 4 N–H and O–H groups in total. The van der Waals surface area contributed by atoms with E-state index in [2.05, 4.69) is 10.2 Å². The van der Waals surface area contributed by atoms with Crippen molar-refractivity contribution in [3.05, 3.63) is 29.8 Å². The van der Waals surface area contributed by atoms with Gasteiger partial charge >= 0.3 is 0 Å². The molecule has 0 saturated carbocycles. The van der Waals surface area contributed by atoms with Crippen LogP contribution in [0.25, 0.3) is 0 Å². The van der Waals surface area contributed by atoms with Gasteiger partial charge in [0, 0.05) is 26.6 Å². The van der Waals surface area contributed by atoms with Crippen LogP contribution in [0.15, 0.2) is 24.3 Å². The van der Waals surface area contributed by atoms with Crippen molar-refractivity contribution >= 4 is 11.9 Å². The van der Waals surface area contributed by atoms with Gasteiger partial charge in [-0.15, -0.1) is 0 Å². The quantitative estimate of drug-likeness (QED) is 0.569. The van der Waals surface area contributed by atoms with Gasteiger partial charge in [0.05, 0.1) is 44.9 Å². The monoisotopic (exact) mass is 409 g/mol. The highest BCUT2D eigenvalue weighted by Gasteiger charge is 2.34. The van der Waals surface area contributed by atoms with Gasteiger partial charge in [0.2, 0.25) is 5.91 Å². The number of carboxylic acid groups (broad SMARTS) is 1. The first-order chi connectivity index (χ1) is 14.0. The van der Waals surface area contributed by atoms with E-state index >= 15 is 0 Å². The second kappa shape index (κ2) is 12.4. The molecule has 1 aromatic carbocycles. The standard InChI is InChI=1S/C18H27N3O4.C2H4O2/c19-5-8-25-15-3-1-14(2-4-15)11-18(22)20-16-12-24-13-17(16)21-6-9-23-10-7-21;1-2(3)4/h1-4,16-17H,5-13,19H2,(H,20,22);1H3,(H,3,4)/t16-,17-;/m0./s1. The molecule has 1 aromatic rings. The molecule has 2 fully saturated rings. The SMILES string of the molecule is CC(=O)O.NCCOc1ccc(CC(=O)N[C@H]2COC[C@@H]2N2CCOCC2)cc1. The third-order valence-electron chi connectivity index (χ3n) is 4.59. The zero-order valence-corrected chi connectivity index (χ0v) is 16.8. The van der Waals surface area contributed by atoms with Crippen molar-refractivity contribution in [3.8, 4) is 5.75 Å². The lowest BCUT2D eigenvalue weighted by Crippen LogP contribution is -2.54. The Morgan fingerprint density at radius 3 is 2.48 bits per heavy atom. The van der Waals surface area contributed by atoms with E-state index in [1.54, 1.807) is 0 Å². The van der Waals surface area contributed by atoms with Crippen LogP contribution in [0.2, 0.25) is 0 Å². The average molecular weight is 409 g/mol. The number of morpholine rings is 1. The number of rotatable bonds is 7. The number of hydrogen-bond acceptors (Lipinski definition) is 7. The summed E-state index contributed by atoms with van der Waals surface area (Å²) in [6, 6.07) is 7.84. The lowest BCUT2D eigenvalue weighted by atomic mass is 10.1. The van der Waals surface area contributed by atoms with E-state index in [4.69, 9.17) is 29.8 Å². The predicted molar refractivity (Wildman–Crippen MR) is 107 cm³/mol. The smallest absolute Gasteiger partial charge is 0.300 e. The van der Waals surface area contributed by atoms with Gasteiger partial charge in [-0.3, -0.25) is 14.5 Å². The molecule has 1 amide bonds. The van der Waals surface area contributed by atoms with Crippen molar-refractivity contribution in [1.82, 2.24) is 10.2 Å². The number of hydrogen-bond donors (Lipinski definition) is 3. The van der Waals surface area contributed by atoms with Crippen molar-refractivity contribution in [2.45, 2.75) is 25.4 Å². The van der Waals surface area contributed by atoms with Gasteiger partial charge in [-0.1, -0.05) is 12.1 Å². The fraction of sp³-hybridized carbons (Fsp3) is 0.600. The first kappa shape index (κ1) is 23.1. The van der Waals surface area contributed by atoms with Crippen molar-refractivity contribution in [2.24, 2.45) is 5.73 Å². The molecule has 0 bridgehead atoms. The van der Waals surface area contributed by atoms with E-state index < -0.39 is 5.97 Å². The highest BCUT2D eigenvalue weighted by molar-refractivity contribution is 5.79.